The molecule has 1 aromatic carbocycles. The molecule has 0 bridgehead atoms. The Morgan fingerprint density at radius 3 is 2.71 bits per heavy atom. The first-order chi connectivity index (χ1) is 10.2. The minimum atomic E-state index is 0.144. The number of benzene rings is 1. The zero-order valence-electron chi connectivity index (χ0n) is 12.8. The van der Waals surface area contributed by atoms with E-state index in [9.17, 15) is 0 Å². The van der Waals surface area contributed by atoms with Crippen molar-refractivity contribution in [1.29, 1.82) is 0 Å². The summed E-state index contributed by atoms with van der Waals surface area (Å²) >= 11 is 0. The number of rotatable bonds is 3. The highest BCUT2D eigenvalue weighted by Gasteiger charge is 2.24. The van der Waals surface area contributed by atoms with Gasteiger partial charge in [0.05, 0.1) is 19.9 Å². The second kappa shape index (κ2) is 5.45. The van der Waals surface area contributed by atoms with E-state index in [2.05, 4.69) is 17.6 Å². The Kier molecular flexibility index (Phi) is 3.64. The van der Waals surface area contributed by atoms with E-state index in [0.29, 0.717) is 0 Å². The average molecular weight is 286 g/mol. The van der Waals surface area contributed by atoms with Crippen molar-refractivity contribution < 1.29 is 9.47 Å². The largest absolute Gasteiger partial charge is 0.497 e. The van der Waals surface area contributed by atoms with Crippen LogP contribution in [0.4, 0.5) is 0 Å². The van der Waals surface area contributed by atoms with Gasteiger partial charge in [0, 0.05) is 23.5 Å². The fourth-order valence-electron chi connectivity index (χ4n) is 3.24. The molecule has 1 aliphatic carbocycles. The van der Waals surface area contributed by atoms with Crippen LogP contribution in [-0.4, -0.2) is 18.8 Å². The quantitative estimate of drug-likeness (QED) is 0.943. The van der Waals surface area contributed by atoms with Gasteiger partial charge in [-0.3, -0.25) is 0 Å². The zero-order chi connectivity index (χ0) is 15.0. The number of fused-ring (bicyclic) bond motifs is 1. The van der Waals surface area contributed by atoms with Gasteiger partial charge in [-0.05, 0) is 49.9 Å². The molecule has 1 atom stereocenters. The van der Waals surface area contributed by atoms with Crippen LogP contribution in [0.15, 0.2) is 24.3 Å². The highest BCUT2D eigenvalue weighted by molar-refractivity contribution is 5.55. The molecule has 0 saturated heterocycles. The van der Waals surface area contributed by atoms with Crippen molar-refractivity contribution in [2.45, 2.75) is 32.2 Å². The molecule has 4 nitrogen and oxygen atoms in total. The van der Waals surface area contributed by atoms with Crippen LogP contribution in [-0.2, 0) is 6.42 Å². The Balaban J connectivity index is 2.21. The summed E-state index contributed by atoms with van der Waals surface area (Å²) in [6, 6.07) is 8.23. The molecule has 0 saturated carbocycles. The van der Waals surface area contributed by atoms with Gasteiger partial charge < -0.3 is 19.8 Å². The van der Waals surface area contributed by atoms with Crippen molar-refractivity contribution in [2.24, 2.45) is 5.73 Å². The van der Waals surface area contributed by atoms with Crippen molar-refractivity contribution in [3.8, 4) is 17.2 Å². The zero-order valence-corrected chi connectivity index (χ0v) is 12.8. The molecule has 4 heteroatoms. The maximum Gasteiger partial charge on any atom is 0.143 e. The highest BCUT2D eigenvalue weighted by atomic mass is 16.5. The van der Waals surface area contributed by atoms with E-state index in [4.69, 9.17) is 15.2 Å². The molecule has 1 heterocycles. The second-order valence-electron chi connectivity index (χ2n) is 5.56. The van der Waals surface area contributed by atoms with E-state index in [1.54, 1.807) is 14.2 Å². The first kappa shape index (κ1) is 14.0. The molecule has 2 N–H and O–H groups in total. The monoisotopic (exact) mass is 286 g/mol. The van der Waals surface area contributed by atoms with Gasteiger partial charge in [0.15, 0.2) is 0 Å². The van der Waals surface area contributed by atoms with E-state index < -0.39 is 0 Å². The maximum absolute atomic E-state index is 6.26. The summed E-state index contributed by atoms with van der Waals surface area (Å²) in [4.78, 5) is 0. The summed E-state index contributed by atoms with van der Waals surface area (Å²) in [6.07, 6.45) is 3.24. The average Bonchev–Trinajstić information content (AvgIpc) is 2.84. The summed E-state index contributed by atoms with van der Waals surface area (Å²) < 4.78 is 13.2. The van der Waals surface area contributed by atoms with E-state index >= 15 is 0 Å². The van der Waals surface area contributed by atoms with Gasteiger partial charge in [-0.25, -0.2) is 0 Å². The van der Waals surface area contributed by atoms with Crippen molar-refractivity contribution in [3.63, 3.8) is 0 Å². The molecule has 0 radical (unpaired) electrons. The third kappa shape index (κ3) is 2.29. The van der Waals surface area contributed by atoms with Crippen molar-refractivity contribution in [1.82, 2.24) is 4.57 Å². The van der Waals surface area contributed by atoms with Crippen molar-refractivity contribution in [3.05, 3.63) is 41.2 Å². The molecule has 0 aliphatic heterocycles. The van der Waals surface area contributed by atoms with Crippen LogP contribution in [0.5, 0.6) is 11.5 Å². The molecule has 21 heavy (non-hydrogen) atoms. The van der Waals surface area contributed by atoms with Gasteiger partial charge >= 0.3 is 0 Å². The van der Waals surface area contributed by atoms with Crippen molar-refractivity contribution in [2.75, 3.05) is 14.2 Å². The number of aryl methyl sites for hydroxylation is 1. The van der Waals surface area contributed by atoms with Gasteiger partial charge in [-0.1, -0.05) is 0 Å². The molecular formula is C17H22N2O2. The minimum Gasteiger partial charge on any atom is -0.497 e. The Hall–Kier alpha value is -1.94. The van der Waals surface area contributed by atoms with Gasteiger partial charge in [0.2, 0.25) is 0 Å². The van der Waals surface area contributed by atoms with Crippen molar-refractivity contribution >= 4 is 0 Å². The fourth-order valence-corrected chi connectivity index (χ4v) is 3.24. The van der Waals surface area contributed by atoms with Crippen LogP contribution in [0, 0.1) is 6.92 Å². The molecule has 0 spiro atoms. The number of ether oxygens (including phenoxy) is 2. The van der Waals surface area contributed by atoms with E-state index in [-0.39, 0.29) is 6.04 Å². The van der Waals surface area contributed by atoms with Crippen LogP contribution in [0.25, 0.3) is 5.69 Å². The number of hydrogen-bond donors (Lipinski definition) is 1. The summed E-state index contributed by atoms with van der Waals surface area (Å²) in [7, 11) is 3.38. The third-order valence-electron chi connectivity index (χ3n) is 4.28. The lowest BCUT2D eigenvalue weighted by molar-refractivity contribution is 0.401. The molecule has 1 aromatic heterocycles. The van der Waals surface area contributed by atoms with Crippen LogP contribution in [0.1, 0.15) is 35.8 Å². The summed E-state index contributed by atoms with van der Waals surface area (Å²) in [6.45, 7) is 2.12. The maximum atomic E-state index is 6.26. The molecule has 1 aliphatic rings. The SMILES string of the molecule is COc1ccc(OC)c(-n2c(C)cc3c2CCCC3N)c1. The van der Waals surface area contributed by atoms with E-state index in [0.717, 1.165) is 36.4 Å². The standard InChI is InChI=1S/C17H22N2O2/c1-11-9-13-14(18)5-4-6-15(13)19(11)16-10-12(20-2)7-8-17(16)21-3/h7-10,14H,4-6,18H2,1-3H3. The lowest BCUT2D eigenvalue weighted by Crippen LogP contribution is -2.18. The molecule has 0 fully saturated rings. The second-order valence-corrected chi connectivity index (χ2v) is 5.56. The number of hydrogen-bond acceptors (Lipinski definition) is 3. The molecule has 112 valence electrons. The first-order valence-corrected chi connectivity index (χ1v) is 7.34. The third-order valence-corrected chi connectivity index (χ3v) is 4.28. The number of aromatic nitrogens is 1. The number of nitrogens with zero attached hydrogens (tertiary/aromatic N) is 1. The van der Waals surface area contributed by atoms with Crippen LogP contribution in [0.2, 0.25) is 0 Å². The minimum absolute atomic E-state index is 0.144. The smallest absolute Gasteiger partial charge is 0.143 e. The fraction of sp³-hybridized carbons (Fsp3) is 0.412. The lowest BCUT2D eigenvalue weighted by Gasteiger charge is -2.22. The summed E-state index contributed by atoms with van der Waals surface area (Å²) in [5.74, 6) is 1.67. The normalized spacial score (nSPS) is 17.4. The molecule has 3 rings (SSSR count). The first-order valence-electron chi connectivity index (χ1n) is 7.34. The van der Waals surface area contributed by atoms with E-state index in [1.165, 1.54) is 17.0 Å². The summed E-state index contributed by atoms with van der Waals surface area (Å²) in [5, 5.41) is 0. The summed E-state index contributed by atoms with van der Waals surface area (Å²) in [5.41, 5.74) is 11.0. The highest BCUT2D eigenvalue weighted by Crippen LogP contribution is 2.36. The lowest BCUT2D eigenvalue weighted by atomic mass is 9.93. The molecule has 2 aromatic rings. The predicted octanol–water partition coefficient (Wildman–Crippen LogP) is 3.14. The van der Waals surface area contributed by atoms with Gasteiger partial charge in [-0.2, -0.15) is 0 Å². The number of nitrogens with two attached hydrogens (primary N) is 1. The van der Waals surface area contributed by atoms with Crippen LogP contribution < -0.4 is 15.2 Å². The molecular weight excluding hydrogens is 264 g/mol. The van der Waals surface area contributed by atoms with Crippen LogP contribution in [0.3, 0.4) is 0 Å². The Morgan fingerprint density at radius 1 is 1.19 bits per heavy atom. The van der Waals surface area contributed by atoms with Gasteiger partial charge in [0.25, 0.3) is 0 Å². The van der Waals surface area contributed by atoms with Crippen LogP contribution >= 0.6 is 0 Å². The molecule has 0 amide bonds. The Bertz CT molecular complexity index is 661. The number of methoxy groups -OCH3 is 2. The Morgan fingerprint density at radius 2 is 2.00 bits per heavy atom. The molecule has 1 unspecified atom stereocenters. The Labute approximate surface area is 125 Å². The van der Waals surface area contributed by atoms with Gasteiger partial charge in [0.1, 0.15) is 11.5 Å². The van der Waals surface area contributed by atoms with Gasteiger partial charge in [-0.15, -0.1) is 0 Å². The topological polar surface area (TPSA) is 49.4 Å². The predicted molar refractivity (Wildman–Crippen MR) is 83.5 cm³/mol. The van der Waals surface area contributed by atoms with E-state index in [1.807, 2.05) is 18.2 Å².